The zero-order chi connectivity index (χ0) is 35.8. The molecule has 3 aliphatic carbocycles. The fourth-order valence-electron chi connectivity index (χ4n) is 8.98. The molecule has 3 heterocycles. The van der Waals surface area contributed by atoms with E-state index < -0.39 is 0 Å². The largest absolute Gasteiger partial charge is 0.497 e. The maximum atomic E-state index is 5.62. The number of nitrogens with zero attached hydrogens (tertiary/aromatic N) is 5. The maximum Gasteiger partial charge on any atom is 0.145 e. The Bertz CT molecular complexity index is 1980. The Morgan fingerprint density at radius 1 is 0.904 bits per heavy atom. The number of nitrogens with one attached hydrogen (secondary N) is 2. The summed E-state index contributed by atoms with van der Waals surface area (Å²) >= 11 is 0. The van der Waals surface area contributed by atoms with Crippen molar-refractivity contribution in [2.45, 2.75) is 109 Å². The number of rotatable bonds is 14. The van der Waals surface area contributed by atoms with E-state index in [0.717, 1.165) is 75.5 Å². The van der Waals surface area contributed by atoms with E-state index in [9.17, 15) is 0 Å². The molecule has 3 fully saturated rings. The molecule has 0 saturated heterocycles. The van der Waals surface area contributed by atoms with Crippen LogP contribution in [0.4, 0.5) is 5.82 Å². The number of aromatic amines is 1. The molecule has 9 nitrogen and oxygen atoms in total. The van der Waals surface area contributed by atoms with Crippen LogP contribution in [-0.2, 0) is 18.4 Å². The van der Waals surface area contributed by atoms with Crippen molar-refractivity contribution in [1.82, 2.24) is 29.4 Å². The van der Waals surface area contributed by atoms with Gasteiger partial charge in [0.2, 0.25) is 0 Å². The molecule has 3 saturated carbocycles. The fourth-order valence-corrected chi connectivity index (χ4v) is 8.98. The van der Waals surface area contributed by atoms with E-state index in [-0.39, 0.29) is 5.41 Å². The topological polar surface area (TPSA) is 93.1 Å². The lowest BCUT2D eigenvalue weighted by Gasteiger charge is -2.46. The van der Waals surface area contributed by atoms with Crippen molar-refractivity contribution in [3.63, 3.8) is 0 Å². The zero-order valence-corrected chi connectivity index (χ0v) is 31.8. The lowest BCUT2D eigenvalue weighted by atomic mass is 9.75. The maximum absolute atomic E-state index is 5.62. The van der Waals surface area contributed by atoms with Gasteiger partial charge >= 0.3 is 0 Å². The molecule has 0 spiro atoms. The Kier molecular flexibility index (Phi) is 9.90. The van der Waals surface area contributed by atoms with Crippen molar-refractivity contribution in [1.29, 1.82) is 0 Å². The minimum absolute atomic E-state index is 0.140. The highest BCUT2D eigenvalue weighted by atomic mass is 16.5. The molecule has 0 radical (unpaired) electrons. The third kappa shape index (κ3) is 7.39. The first kappa shape index (κ1) is 34.9. The lowest BCUT2D eigenvalue weighted by molar-refractivity contribution is 0.0363. The van der Waals surface area contributed by atoms with E-state index in [1.165, 1.54) is 82.0 Å². The third-order valence-electron chi connectivity index (χ3n) is 12.5. The Hall–Kier alpha value is -4.11. The number of aromatic nitrogens is 5. The molecule has 2 atom stereocenters. The number of aryl methyl sites for hydroxylation is 1. The van der Waals surface area contributed by atoms with Crippen LogP contribution in [0.2, 0.25) is 0 Å². The molecule has 3 aliphatic rings. The summed E-state index contributed by atoms with van der Waals surface area (Å²) in [4.78, 5) is 20.9. The van der Waals surface area contributed by atoms with Gasteiger partial charge in [0.1, 0.15) is 35.1 Å². The van der Waals surface area contributed by atoms with E-state index >= 15 is 0 Å². The minimum Gasteiger partial charge on any atom is -0.497 e. The van der Waals surface area contributed by atoms with Crippen molar-refractivity contribution in [2.75, 3.05) is 32.6 Å². The van der Waals surface area contributed by atoms with Gasteiger partial charge in [-0.05, 0) is 110 Å². The molecule has 0 bridgehead atoms. The van der Waals surface area contributed by atoms with Crippen LogP contribution in [0.15, 0.2) is 55.0 Å². The van der Waals surface area contributed by atoms with E-state index in [0.29, 0.717) is 12.6 Å². The van der Waals surface area contributed by atoms with Gasteiger partial charge in [-0.25, -0.2) is 15.0 Å². The second-order valence-corrected chi connectivity index (χ2v) is 17.0. The predicted octanol–water partition coefficient (Wildman–Crippen LogP) is 9.09. The van der Waals surface area contributed by atoms with E-state index in [4.69, 9.17) is 19.4 Å². The number of fused-ring (bicyclic) bond motifs is 2. The average molecular weight is 704 g/mol. The molecule has 276 valence electrons. The Labute approximate surface area is 308 Å². The fraction of sp³-hybridized carbons (Fsp3) is 0.558. The summed E-state index contributed by atoms with van der Waals surface area (Å²) in [7, 11) is 3.36. The highest BCUT2D eigenvalue weighted by molar-refractivity contribution is 5.87. The van der Waals surface area contributed by atoms with Crippen LogP contribution in [0, 0.1) is 17.8 Å². The summed E-state index contributed by atoms with van der Waals surface area (Å²) in [5.41, 5.74) is 5.84. The van der Waals surface area contributed by atoms with Gasteiger partial charge in [0.15, 0.2) is 0 Å². The first-order valence-electron chi connectivity index (χ1n) is 19.7. The van der Waals surface area contributed by atoms with Crippen LogP contribution in [0.1, 0.15) is 102 Å². The summed E-state index contributed by atoms with van der Waals surface area (Å²) in [6, 6.07) is 16.1. The van der Waals surface area contributed by atoms with Crippen molar-refractivity contribution in [2.24, 2.45) is 17.8 Å². The lowest BCUT2D eigenvalue weighted by Crippen LogP contribution is -2.49. The summed E-state index contributed by atoms with van der Waals surface area (Å²) in [5, 5.41) is 4.62. The van der Waals surface area contributed by atoms with Gasteiger partial charge in [0.25, 0.3) is 0 Å². The van der Waals surface area contributed by atoms with Gasteiger partial charge in [-0.1, -0.05) is 33.3 Å². The monoisotopic (exact) mass is 703 g/mol. The molecule has 0 amide bonds. The summed E-state index contributed by atoms with van der Waals surface area (Å²) in [6.07, 6.45) is 16.9. The highest BCUT2D eigenvalue weighted by Gasteiger charge is 2.38. The molecule has 3 aromatic heterocycles. The van der Waals surface area contributed by atoms with Crippen LogP contribution in [0.25, 0.3) is 22.1 Å². The first-order valence-corrected chi connectivity index (χ1v) is 19.7. The SMILES string of the molecule is COc1ccc(CNc2ncnc3c2ccn3[C@H]2CC[C@@H](CN(CC3CCC3)[C@H]3C[C@@H](CCc4nc5cc(C(C)(C)C)ccc5[nH]4)C3)C2)c(OC)c1. The quantitative estimate of drug-likeness (QED) is 0.119. The molecule has 9 heteroatoms. The third-order valence-corrected chi connectivity index (χ3v) is 12.5. The van der Waals surface area contributed by atoms with Gasteiger partial charge in [-0.3, -0.25) is 4.90 Å². The Morgan fingerprint density at radius 3 is 2.52 bits per heavy atom. The predicted molar refractivity (Wildman–Crippen MR) is 209 cm³/mol. The van der Waals surface area contributed by atoms with Crippen molar-refractivity contribution < 1.29 is 9.47 Å². The first-order chi connectivity index (χ1) is 25.2. The van der Waals surface area contributed by atoms with Gasteiger partial charge in [0, 0.05) is 56.0 Å². The molecule has 8 rings (SSSR count). The molecule has 2 N–H and O–H groups in total. The van der Waals surface area contributed by atoms with Crippen LogP contribution in [-0.4, -0.2) is 62.8 Å². The molecule has 0 aliphatic heterocycles. The number of benzene rings is 2. The normalized spacial score (nSPS) is 22.2. The summed E-state index contributed by atoms with van der Waals surface area (Å²) < 4.78 is 13.4. The molecular formula is C43H57N7O2. The van der Waals surface area contributed by atoms with Crippen LogP contribution in [0.3, 0.4) is 0 Å². The average Bonchev–Trinajstić information content (AvgIpc) is 3.85. The Morgan fingerprint density at radius 2 is 1.75 bits per heavy atom. The molecule has 5 aromatic rings. The summed E-state index contributed by atoms with van der Waals surface area (Å²) in [6.45, 7) is 9.95. The summed E-state index contributed by atoms with van der Waals surface area (Å²) in [5.74, 6) is 6.03. The van der Waals surface area contributed by atoms with Crippen molar-refractivity contribution >= 4 is 27.9 Å². The van der Waals surface area contributed by atoms with E-state index in [1.54, 1.807) is 20.5 Å². The van der Waals surface area contributed by atoms with Crippen LogP contribution >= 0.6 is 0 Å². The molecule has 2 aromatic carbocycles. The number of methoxy groups -OCH3 is 2. The van der Waals surface area contributed by atoms with Crippen molar-refractivity contribution in [3.05, 3.63) is 71.9 Å². The molecular weight excluding hydrogens is 647 g/mol. The van der Waals surface area contributed by atoms with Gasteiger partial charge < -0.3 is 24.3 Å². The van der Waals surface area contributed by atoms with Crippen molar-refractivity contribution in [3.8, 4) is 11.5 Å². The number of H-pyrrole nitrogens is 1. The molecule has 0 unspecified atom stereocenters. The second kappa shape index (κ2) is 14.7. The Balaban J connectivity index is 0.866. The number of hydrogen-bond donors (Lipinski definition) is 2. The molecule has 52 heavy (non-hydrogen) atoms. The van der Waals surface area contributed by atoms with Gasteiger partial charge in [-0.15, -0.1) is 0 Å². The van der Waals surface area contributed by atoms with Crippen LogP contribution in [0.5, 0.6) is 11.5 Å². The van der Waals surface area contributed by atoms with E-state index in [1.807, 2.05) is 18.2 Å². The zero-order valence-electron chi connectivity index (χ0n) is 31.8. The van der Waals surface area contributed by atoms with Gasteiger partial charge in [0.05, 0.1) is 30.6 Å². The standard InChI is InChI=1S/C43H57N7O2/c1-43(2,3)32-12-15-37-38(22-32)48-40(47-37)16-10-29-19-34(20-29)49(25-28-7-6-8-28)26-30-9-13-33(21-30)50-18-17-36-41(45-27-46-42(36)50)44-24-31-11-14-35(51-4)23-39(31)52-5/h11-12,14-15,17-18,22-23,27-30,33-34H,6-10,13,16,19-21,24-26H2,1-5H3,(H,47,48)(H,44,45,46)/t29-,30-,33+,34+/m1/s1. The van der Waals surface area contributed by atoms with E-state index in [2.05, 4.69) is 76.0 Å². The smallest absolute Gasteiger partial charge is 0.145 e. The minimum atomic E-state index is 0.140. The number of ether oxygens (including phenoxy) is 2. The number of anilines is 1. The number of imidazole rings is 1. The van der Waals surface area contributed by atoms with Crippen LogP contribution < -0.4 is 14.8 Å². The second-order valence-electron chi connectivity index (χ2n) is 17.0. The van der Waals surface area contributed by atoms with Gasteiger partial charge in [-0.2, -0.15) is 0 Å². The highest BCUT2D eigenvalue weighted by Crippen LogP contribution is 2.42. The number of hydrogen-bond acceptors (Lipinski definition) is 7.